The van der Waals surface area contributed by atoms with E-state index in [-0.39, 0.29) is 18.7 Å². The van der Waals surface area contributed by atoms with E-state index >= 15 is 0 Å². The van der Waals surface area contributed by atoms with E-state index < -0.39 is 35.3 Å². The quantitative estimate of drug-likeness (QED) is 0.642. The third-order valence-corrected chi connectivity index (χ3v) is 5.18. The molecule has 0 N–H and O–H groups in total. The predicted molar refractivity (Wildman–Crippen MR) is 94.3 cm³/mol. The number of hydrogen-bond donors (Lipinski definition) is 0. The fourth-order valence-electron chi connectivity index (χ4n) is 3.90. The second-order valence-corrected chi connectivity index (χ2v) is 8.35. The molecule has 1 saturated carbocycles. The first-order valence-corrected chi connectivity index (χ1v) is 9.29. The SMILES string of the molecule is CC(C)(C)OC(=O)N1COC(=O)C2CC(c3cccc(C(F)(F)F)c3)CC[C@@H]21. The average molecular weight is 399 g/mol. The summed E-state index contributed by atoms with van der Waals surface area (Å²) in [7, 11) is 0. The summed E-state index contributed by atoms with van der Waals surface area (Å²) < 4.78 is 49.6. The number of ether oxygens (including phenoxy) is 2. The van der Waals surface area contributed by atoms with Crippen LogP contribution in [0.4, 0.5) is 18.0 Å². The second kappa shape index (κ2) is 7.29. The Labute approximate surface area is 161 Å². The van der Waals surface area contributed by atoms with E-state index in [1.165, 1.54) is 11.0 Å². The minimum absolute atomic E-state index is 0.164. The molecule has 1 amide bonds. The van der Waals surface area contributed by atoms with Gasteiger partial charge in [-0.1, -0.05) is 18.2 Å². The van der Waals surface area contributed by atoms with Crippen LogP contribution in [-0.4, -0.2) is 35.3 Å². The fourth-order valence-corrected chi connectivity index (χ4v) is 3.90. The van der Waals surface area contributed by atoms with Gasteiger partial charge in [0.25, 0.3) is 0 Å². The van der Waals surface area contributed by atoms with E-state index in [0.717, 1.165) is 12.1 Å². The Balaban J connectivity index is 1.77. The van der Waals surface area contributed by atoms with Crippen molar-refractivity contribution in [1.29, 1.82) is 0 Å². The lowest BCUT2D eigenvalue weighted by Crippen LogP contribution is -2.56. The number of fused-ring (bicyclic) bond motifs is 1. The Kier molecular flexibility index (Phi) is 5.34. The van der Waals surface area contributed by atoms with Crippen LogP contribution in [0.5, 0.6) is 0 Å². The number of carbonyl (C=O) groups is 2. The zero-order chi connectivity index (χ0) is 20.7. The number of hydrogen-bond acceptors (Lipinski definition) is 4. The summed E-state index contributed by atoms with van der Waals surface area (Å²) in [5.41, 5.74) is -0.826. The topological polar surface area (TPSA) is 55.8 Å². The van der Waals surface area contributed by atoms with Crippen molar-refractivity contribution in [2.45, 2.75) is 63.8 Å². The highest BCUT2D eigenvalue weighted by Crippen LogP contribution is 2.42. The van der Waals surface area contributed by atoms with Gasteiger partial charge in [-0.3, -0.25) is 9.69 Å². The average Bonchev–Trinajstić information content (AvgIpc) is 2.60. The van der Waals surface area contributed by atoms with E-state index in [4.69, 9.17) is 9.47 Å². The number of amides is 1. The van der Waals surface area contributed by atoms with Gasteiger partial charge < -0.3 is 9.47 Å². The number of carbonyl (C=O) groups excluding carboxylic acids is 2. The standard InChI is InChI=1S/C20H24F3NO4/c1-19(2,3)28-18(26)24-11-27-17(25)15-10-13(7-8-16(15)24)12-5-4-6-14(9-12)20(21,22)23/h4-6,9,13,15-16H,7-8,10-11H2,1-3H3/t13?,15?,16-/m0/s1. The summed E-state index contributed by atoms with van der Waals surface area (Å²) >= 11 is 0. The minimum Gasteiger partial charge on any atom is -0.444 e. The van der Waals surface area contributed by atoms with E-state index in [2.05, 4.69) is 0 Å². The molecule has 1 aliphatic carbocycles. The van der Waals surface area contributed by atoms with Crippen molar-refractivity contribution in [2.75, 3.05) is 6.73 Å². The molecule has 2 aliphatic rings. The molecule has 1 aromatic rings. The molecule has 5 nitrogen and oxygen atoms in total. The van der Waals surface area contributed by atoms with E-state index in [9.17, 15) is 22.8 Å². The van der Waals surface area contributed by atoms with Gasteiger partial charge in [0.1, 0.15) is 5.60 Å². The second-order valence-electron chi connectivity index (χ2n) is 8.35. The summed E-state index contributed by atoms with van der Waals surface area (Å²) in [6.07, 6.45) is -3.55. The molecule has 1 saturated heterocycles. The molecule has 0 spiro atoms. The zero-order valence-electron chi connectivity index (χ0n) is 16.1. The predicted octanol–water partition coefficient (Wildman–Crippen LogP) is 4.71. The Morgan fingerprint density at radius 2 is 1.93 bits per heavy atom. The molecule has 2 unspecified atom stereocenters. The van der Waals surface area contributed by atoms with Crippen molar-refractivity contribution in [3.05, 3.63) is 35.4 Å². The van der Waals surface area contributed by atoms with E-state index in [0.29, 0.717) is 24.8 Å². The van der Waals surface area contributed by atoms with Crippen LogP contribution in [0.1, 0.15) is 57.1 Å². The number of cyclic esters (lactones) is 1. The Bertz CT molecular complexity index is 757. The zero-order valence-corrected chi connectivity index (χ0v) is 16.1. The number of nitrogens with zero attached hydrogens (tertiary/aromatic N) is 1. The Morgan fingerprint density at radius 1 is 1.21 bits per heavy atom. The van der Waals surface area contributed by atoms with Crippen LogP contribution in [0, 0.1) is 5.92 Å². The molecule has 154 valence electrons. The van der Waals surface area contributed by atoms with Gasteiger partial charge in [-0.15, -0.1) is 0 Å². The maximum Gasteiger partial charge on any atom is 0.416 e. The smallest absolute Gasteiger partial charge is 0.416 e. The molecule has 8 heteroatoms. The summed E-state index contributed by atoms with van der Waals surface area (Å²) in [5.74, 6) is -1.19. The van der Waals surface area contributed by atoms with Crippen LogP contribution in [0.25, 0.3) is 0 Å². The molecular formula is C20H24F3NO4. The van der Waals surface area contributed by atoms with Gasteiger partial charge in [-0.25, -0.2) is 4.79 Å². The van der Waals surface area contributed by atoms with Crippen LogP contribution in [0.2, 0.25) is 0 Å². The Morgan fingerprint density at radius 3 is 2.57 bits per heavy atom. The Hall–Kier alpha value is -2.25. The molecule has 1 heterocycles. The molecule has 0 radical (unpaired) electrons. The van der Waals surface area contributed by atoms with Crippen molar-refractivity contribution in [3.63, 3.8) is 0 Å². The van der Waals surface area contributed by atoms with Gasteiger partial charge in [0.2, 0.25) is 0 Å². The van der Waals surface area contributed by atoms with Crippen LogP contribution < -0.4 is 0 Å². The van der Waals surface area contributed by atoms with Crippen molar-refractivity contribution in [2.24, 2.45) is 5.92 Å². The maximum atomic E-state index is 13.0. The number of esters is 1. The number of alkyl halides is 3. The normalized spacial score (nSPS) is 25.7. The van der Waals surface area contributed by atoms with Gasteiger partial charge in [0.05, 0.1) is 17.5 Å². The van der Waals surface area contributed by atoms with Crippen molar-refractivity contribution < 1.29 is 32.2 Å². The summed E-state index contributed by atoms with van der Waals surface area (Å²) in [6, 6.07) is 4.85. The van der Waals surface area contributed by atoms with Gasteiger partial charge in [0.15, 0.2) is 6.73 Å². The van der Waals surface area contributed by atoms with Crippen LogP contribution in [-0.2, 0) is 20.4 Å². The third kappa shape index (κ3) is 4.42. The molecule has 3 atom stereocenters. The number of halogens is 3. The van der Waals surface area contributed by atoms with Crippen LogP contribution >= 0.6 is 0 Å². The van der Waals surface area contributed by atoms with Crippen molar-refractivity contribution >= 4 is 12.1 Å². The summed E-state index contributed by atoms with van der Waals surface area (Å²) in [4.78, 5) is 26.2. The monoisotopic (exact) mass is 399 g/mol. The lowest BCUT2D eigenvalue weighted by molar-refractivity contribution is -0.170. The number of benzene rings is 1. The highest BCUT2D eigenvalue weighted by molar-refractivity contribution is 5.77. The summed E-state index contributed by atoms with van der Waals surface area (Å²) in [5, 5.41) is 0. The molecule has 0 aromatic heterocycles. The highest BCUT2D eigenvalue weighted by atomic mass is 19.4. The van der Waals surface area contributed by atoms with Gasteiger partial charge >= 0.3 is 18.2 Å². The molecule has 1 aliphatic heterocycles. The van der Waals surface area contributed by atoms with E-state index in [1.807, 2.05) is 0 Å². The maximum absolute atomic E-state index is 13.0. The molecule has 2 fully saturated rings. The van der Waals surface area contributed by atoms with Crippen LogP contribution in [0.15, 0.2) is 24.3 Å². The first-order valence-electron chi connectivity index (χ1n) is 9.29. The minimum atomic E-state index is -4.41. The molecule has 1 aromatic carbocycles. The lowest BCUT2D eigenvalue weighted by Gasteiger charge is -2.44. The first-order chi connectivity index (χ1) is 13.0. The van der Waals surface area contributed by atoms with Crippen molar-refractivity contribution in [1.82, 2.24) is 4.90 Å². The highest BCUT2D eigenvalue weighted by Gasteiger charge is 2.46. The lowest BCUT2D eigenvalue weighted by atomic mass is 9.74. The van der Waals surface area contributed by atoms with Gasteiger partial charge in [-0.2, -0.15) is 13.2 Å². The molecular weight excluding hydrogens is 375 g/mol. The summed E-state index contributed by atoms with van der Waals surface area (Å²) in [6.45, 7) is 5.10. The molecule has 0 bridgehead atoms. The number of rotatable bonds is 1. The largest absolute Gasteiger partial charge is 0.444 e. The fraction of sp³-hybridized carbons (Fsp3) is 0.600. The first kappa shape index (κ1) is 20.5. The van der Waals surface area contributed by atoms with Crippen molar-refractivity contribution in [3.8, 4) is 0 Å². The van der Waals surface area contributed by atoms with Gasteiger partial charge in [0, 0.05) is 0 Å². The van der Waals surface area contributed by atoms with Gasteiger partial charge in [-0.05, 0) is 57.6 Å². The van der Waals surface area contributed by atoms with Crippen LogP contribution in [0.3, 0.4) is 0 Å². The third-order valence-electron chi connectivity index (χ3n) is 5.18. The molecule has 28 heavy (non-hydrogen) atoms. The molecule has 3 rings (SSSR count). The van der Waals surface area contributed by atoms with E-state index in [1.54, 1.807) is 26.8 Å².